The van der Waals surface area contributed by atoms with Gasteiger partial charge in [-0.25, -0.2) is 0 Å². The van der Waals surface area contributed by atoms with E-state index >= 15 is 0 Å². The van der Waals surface area contributed by atoms with Crippen LogP contribution in [0, 0.1) is 5.92 Å². The Morgan fingerprint density at radius 1 is 1.25 bits per heavy atom. The summed E-state index contributed by atoms with van der Waals surface area (Å²) in [4.78, 5) is 14.1. The smallest absolute Gasteiger partial charge is 0.246 e. The number of nitrogens with one attached hydrogen (secondary N) is 2. The lowest BCUT2D eigenvalue weighted by Crippen LogP contribution is -2.40. The van der Waals surface area contributed by atoms with Crippen LogP contribution in [0.1, 0.15) is 32.6 Å². The molecule has 0 bridgehead atoms. The molecule has 0 aromatic rings. The molecule has 0 aromatic heterocycles. The van der Waals surface area contributed by atoms with Crippen LogP contribution in [-0.4, -0.2) is 62.8 Å². The Hall–Kier alpha value is -0.650. The Kier molecular flexibility index (Phi) is 6.76. The van der Waals surface area contributed by atoms with Crippen molar-refractivity contribution in [3.05, 3.63) is 0 Å². The zero-order valence-electron chi connectivity index (χ0n) is 12.7. The van der Waals surface area contributed by atoms with Gasteiger partial charge in [0.05, 0.1) is 6.10 Å². The van der Waals surface area contributed by atoms with Crippen LogP contribution in [0.4, 0.5) is 0 Å². The van der Waals surface area contributed by atoms with Gasteiger partial charge in [0.25, 0.3) is 0 Å². The van der Waals surface area contributed by atoms with Gasteiger partial charge in [0.2, 0.25) is 5.91 Å². The van der Waals surface area contributed by atoms with E-state index < -0.39 is 0 Å². The van der Waals surface area contributed by atoms with E-state index in [1.165, 1.54) is 25.9 Å². The molecule has 2 fully saturated rings. The molecule has 5 heteroatoms. The Balaban J connectivity index is 1.49. The monoisotopic (exact) mass is 283 g/mol. The first-order valence-corrected chi connectivity index (χ1v) is 8.05. The van der Waals surface area contributed by atoms with Gasteiger partial charge in [0.15, 0.2) is 0 Å². The van der Waals surface area contributed by atoms with Crippen molar-refractivity contribution >= 4 is 5.91 Å². The summed E-state index contributed by atoms with van der Waals surface area (Å²) < 4.78 is 5.64. The molecule has 2 aliphatic rings. The van der Waals surface area contributed by atoms with Crippen molar-refractivity contribution in [3.8, 4) is 0 Å². The number of piperidine rings is 2. The van der Waals surface area contributed by atoms with Crippen LogP contribution in [0.3, 0.4) is 0 Å². The third kappa shape index (κ3) is 5.77. The minimum atomic E-state index is 0.0221. The second-order valence-electron chi connectivity index (χ2n) is 6.13. The molecule has 2 N–H and O–H groups in total. The summed E-state index contributed by atoms with van der Waals surface area (Å²) in [6.07, 6.45) is 4.85. The van der Waals surface area contributed by atoms with Gasteiger partial charge in [-0.2, -0.15) is 0 Å². The van der Waals surface area contributed by atoms with Crippen molar-refractivity contribution in [2.45, 2.75) is 38.7 Å². The lowest BCUT2D eigenvalue weighted by Gasteiger charge is -2.30. The molecule has 0 aliphatic carbocycles. The molecule has 0 saturated carbocycles. The van der Waals surface area contributed by atoms with Gasteiger partial charge < -0.3 is 20.3 Å². The number of carbonyl (C=O) groups excluding carboxylic acids is 1. The summed E-state index contributed by atoms with van der Waals surface area (Å²) in [6.45, 7) is 8.57. The van der Waals surface area contributed by atoms with Gasteiger partial charge in [0, 0.05) is 13.1 Å². The second kappa shape index (κ2) is 8.60. The van der Waals surface area contributed by atoms with E-state index in [1.807, 2.05) is 0 Å². The molecule has 2 saturated heterocycles. The molecule has 2 aliphatic heterocycles. The summed E-state index contributed by atoms with van der Waals surface area (Å²) in [5.41, 5.74) is 0. The van der Waals surface area contributed by atoms with E-state index in [9.17, 15) is 4.79 Å². The standard InChI is InChI=1S/C15H29N3O2/c1-13-4-9-18(10-5-13)11-8-17-15(19)12-20-14-2-6-16-7-3-14/h13-14,16H,2-12H2,1H3,(H,17,19). The molecular weight excluding hydrogens is 254 g/mol. The van der Waals surface area contributed by atoms with E-state index in [-0.39, 0.29) is 18.6 Å². The molecule has 1 amide bonds. The first-order chi connectivity index (χ1) is 9.74. The fraction of sp³-hybridized carbons (Fsp3) is 0.933. The lowest BCUT2D eigenvalue weighted by atomic mass is 9.99. The Morgan fingerprint density at radius 3 is 2.65 bits per heavy atom. The van der Waals surface area contributed by atoms with E-state index in [0.29, 0.717) is 0 Å². The number of likely N-dealkylation sites (tertiary alicyclic amines) is 1. The van der Waals surface area contributed by atoms with Crippen molar-refractivity contribution in [2.75, 3.05) is 45.9 Å². The minimum Gasteiger partial charge on any atom is -0.368 e. The maximum atomic E-state index is 11.7. The van der Waals surface area contributed by atoms with Crippen LogP contribution in [0.15, 0.2) is 0 Å². The fourth-order valence-electron chi connectivity index (χ4n) is 2.85. The average molecular weight is 283 g/mol. The molecule has 0 aromatic carbocycles. The van der Waals surface area contributed by atoms with Crippen molar-refractivity contribution < 1.29 is 9.53 Å². The van der Waals surface area contributed by atoms with Gasteiger partial charge in [-0.3, -0.25) is 4.79 Å². The highest BCUT2D eigenvalue weighted by Crippen LogP contribution is 2.15. The molecule has 0 spiro atoms. The Bertz CT molecular complexity index is 285. The van der Waals surface area contributed by atoms with Gasteiger partial charge >= 0.3 is 0 Å². The second-order valence-corrected chi connectivity index (χ2v) is 6.13. The van der Waals surface area contributed by atoms with Crippen LogP contribution in [0.5, 0.6) is 0 Å². The first-order valence-electron chi connectivity index (χ1n) is 8.05. The van der Waals surface area contributed by atoms with E-state index in [2.05, 4.69) is 22.5 Å². The summed E-state index contributed by atoms with van der Waals surface area (Å²) in [5.74, 6) is 0.883. The van der Waals surface area contributed by atoms with Gasteiger partial charge in [-0.05, 0) is 57.8 Å². The Morgan fingerprint density at radius 2 is 1.95 bits per heavy atom. The van der Waals surface area contributed by atoms with Crippen LogP contribution in [-0.2, 0) is 9.53 Å². The lowest BCUT2D eigenvalue weighted by molar-refractivity contribution is -0.128. The summed E-state index contributed by atoms with van der Waals surface area (Å²) in [6, 6.07) is 0. The largest absolute Gasteiger partial charge is 0.368 e. The van der Waals surface area contributed by atoms with Crippen molar-refractivity contribution in [1.29, 1.82) is 0 Å². The van der Waals surface area contributed by atoms with E-state index in [1.54, 1.807) is 0 Å². The topological polar surface area (TPSA) is 53.6 Å². The van der Waals surface area contributed by atoms with Crippen molar-refractivity contribution in [1.82, 2.24) is 15.5 Å². The van der Waals surface area contributed by atoms with Gasteiger partial charge in [-0.15, -0.1) is 0 Å². The highest BCUT2D eigenvalue weighted by molar-refractivity contribution is 5.77. The van der Waals surface area contributed by atoms with Crippen molar-refractivity contribution in [3.63, 3.8) is 0 Å². The minimum absolute atomic E-state index is 0.0221. The maximum absolute atomic E-state index is 11.7. The first kappa shape index (κ1) is 15.7. The number of rotatable bonds is 6. The summed E-state index contributed by atoms with van der Waals surface area (Å²) >= 11 is 0. The third-order valence-electron chi connectivity index (χ3n) is 4.36. The zero-order chi connectivity index (χ0) is 14.2. The molecule has 116 valence electrons. The highest BCUT2D eigenvalue weighted by Gasteiger charge is 2.16. The summed E-state index contributed by atoms with van der Waals surface area (Å²) in [5, 5.41) is 6.25. The van der Waals surface area contributed by atoms with Crippen LogP contribution >= 0.6 is 0 Å². The average Bonchev–Trinajstić information content (AvgIpc) is 2.48. The normalized spacial score (nSPS) is 22.9. The molecular formula is C15H29N3O2. The molecule has 0 unspecified atom stereocenters. The van der Waals surface area contributed by atoms with Crippen molar-refractivity contribution in [2.24, 2.45) is 5.92 Å². The fourth-order valence-corrected chi connectivity index (χ4v) is 2.85. The number of ether oxygens (including phenoxy) is 1. The molecule has 0 radical (unpaired) electrons. The molecule has 20 heavy (non-hydrogen) atoms. The quantitative estimate of drug-likeness (QED) is 0.750. The molecule has 0 atom stereocenters. The van der Waals surface area contributed by atoms with Crippen LogP contribution in [0.25, 0.3) is 0 Å². The summed E-state index contributed by atoms with van der Waals surface area (Å²) in [7, 11) is 0. The number of hydrogen-bond donors (Lipinski definition) is 2. The number of carbonyl (C=O) groups is 1. The molecule has 2 heterocycles. The SMILES string of the molecule is CC1CCN(CCNC(=O)COC2CCNCC2)CC1. The molecule has 2 rings (SSSR count). The maximum Gasteiger partial charge on any atom is 0.246 e. The zero-order valence-corrected chi connectivity index (χ0v) is 12.7. The van der Waals surface area contributed by atoms with Gasteiger partial charge in [-0.1, -0.05) is 6.92 Å². The van der Waals surface area contributed by atoms with Gasteiger partial charge in [0.1, 0.15) is 6.61 Å². The number of amides is 1. The van der Waals surface area contributed by atoms with Crippen LogP contribution in [0.2, 0.25) is 0 Å². The Labute approximate surface area is 122 Å². The molecule has 5 nitrogen and oxygen atoms in total. The van der Waals surface area contributed by atoms with Crippen LogP contribution < -0.4 is 10.6 Å². The number of nitrogens with zero attached hydrogens (tertiary/aromatic N) is 1. The highest BCUT2D eigenvalue weighted by atomic mass is 16.5. The van der Waals surface area contributed by atoms with E-state index in [4.69, 9.17) is 4.74 Å². The predicted molar refractivity (Wildman–Crippen MR) is 79.7 cm³/mol. The number of hydrogen-bond acceptors (Lipinski definition) is 4. The van der Waals surface area contributed by atoms with E-state index in [0.717, 1.165) is 44.9 Å². The third-order valence-corrected chi connectivity index (χ3v) is 4.36. The predicted octanol–water partition coefficient (Wildman–Crippen LogP) is 0.603.